The van der Waals surface area contributed by atoms with Gasteiger partial charge in [-0.2, -0.15) is 0 Å². The fourth-order valence-electron chi connectivity index (χ4n) is 5.23. The van der Waals surface area contributed by atoms with E-state index in [1.54, 1.807) is 7.11 Å². The number of ether oxygens (including phenoxy) is 2. The number of hydrogen-bond donors (Lipinski definition) is 1. The topological polar surface area (TPSA) is 47.6 Å². The smallest absolute Gasteiger partial charge is 0.162 e. The first-order valence-electron chi connectivity index (χ1n) is 11.3. The summed E-state index contributed by atoms with van der Waals surface area (Å²) in [5.74, 6) is 1.62. The number of carbonyl (C=O) groups excluding carboxylic acids is 1. The summed E-state index contributed by atoms with van der Waals surface area (Å²) in [6, 6.07) is 18.5. The number of anilines is 1. The lowest BCUT2D eigenvalue weighted by atomic mass is 9.68. The molecule has 0 aromatic heterocycles. The zero-order chi connectivity index (χ0) is 22.5. The highest BCUT2D eigenvalue weighted by atomic mass is 16.5. The molecule has 0 saturated heterocycles. The second kappa shape index (κ2) is 7.70. The number of methoxy groups -OCH3 is 1. The summed E-state index contributed by atoms with van der Waals surface area (Å²) in [7, 11) is 1.64. The van der Waals surface area contributed by atoms with Crippen LogP contribution in [0.2, 0.25) is 0 Å². The van der Waals surface area contributed by atoms with Crippen LogP contribution in [0, 0.1) is 5.41 Å². The molecule has 1 aliphatic heterocycles. The molecule has 3 aromatic carbocycles. The van der Waals surface area contributed by atoms with E-state index in [4.69, 9.17) is 9.47 Å². The van der Waals surface area contributed by atoms with Crippen LogP contribution in [0.4, 0.5) is 5.69 Å². The molecule has 164 valence electrons. The van der Waals surface area contributed by atoms with Crippen molar-refractivity contribution in [1.82, 2.24) is 0 Å². The number of benzene rings is 3. The van der Waals surface area contributed by atoms with Gasteiger partial charge in [0.2, 0.25) is 0 Å². The fourth-order valence-corrected chi connectivity index (χ4v) is 5.23. The van der Waals surface area contributed by atoms with Crippen LogP contribution in [0.15, 0.2) is 60.2 Å². The van der Waals surface area contributed by atoms with Gasteiger partial charge in [0, 0.05) is 23.2 Å². The van der Waals surface area contributed by atoms with Crippen molar-refractivity contribution in [3.63, 3.8) is 0 Å². The van der Waals surface area contributed by atoms with E-state index in [1.165, 1.54) is 21.9 Å². The molecule has 0 spiro atoms. The number of ketones is 1. The normalized spacial score (nSPS) is 19.2. The molecular formula is C28H29NO3. The van der Waals surface area contributed by atoms with E-state index < -0.39 is 0 Å². The van der Waals surface area contributed by atoms with Gasteiger partial charge < -0.3 is 14.8 Å². The molecule has 0 radical (unpaired) electrons. The molecule has 1 aliphatic carbocycles. The lowest BCUT2D eigenvalue weighted by Gasteiger charge is -2.40. The van der Waals surface area contributed by atoms with Gasteiger partial charge in [0.15, 0.2) is 17.3 Å². The zero-order valence-corrected chi connectivity index (χ0v) is 19.1. The Bertz CT molecular complexity index is 1250. The van der Waals surface area contributed by atoms with E-state index in [1.807, 2.05) is 25.1 Å². The Hall–Kier alpha value is -3.27. The molecule has 3 aromatic rings. The molecule has 4 heteroatoms. The highest BCUT2D eigenvalue weighted by Crippen LogP contribution is 2.52. The Morgan fingerprint density at radius 2 is 1.84 bits per heavy atom. The highest BCUT2D eigenvalue weighted by molar-refractivity contribution is 6.12. The van der Waals surface area contributed by atoms with E-state index in [-0.39, 0.29) is 17.2 Å². The lowest BCUT2D eigenvalue weighted by molar-refractivity contribution is -0.118. The van der Waals surface area contributed by atoms with Gasteiger partial charge in [-0.3, -0.25) is 4.79 Å². The van der Waals surface area contributed by atoms with Crippen LogP contribution >= 0.6 is 0 Å². The number of rotatable bonds is 4. The SMILES string of the molecule is CCOc1cc(C2Nc3ccc4ccccc4c3C3=C2C(=O)CC(C)(C)C3)ccc1OC. The van der Waals surface area contributed by atoms with Crippen molar-refractivity contribution < 1.29 is 14.3 Å². The van der Waals surface area contributed by atoms with Gasteiger partial charge in [-0.15, -0.1) is 0 Å². The molecule has 0 amide bonds. The van der Waals surface area contributed by atoms with Crippen molar-refractivity contribution >= 4 is 27.8 Å². The van der Waals surface area contributed by atoms with Crippen LogP contribution in [0.5, 0.6) is 11.5 Å². The average Bonchev–Trinajstić information content (AvgIpc) is 2.77. The number of hydrogen-bond acceptors (Lipinski definition) is 4. The molecule has 1 heterocycles. The predicted octanol–water partition coefficient (Wildman–Crippen LogP) is 6.56. The molecule has 1 N–H and O–H groups in total. The standard InChI is InChI=1S/C28H29NO3/c1-5-32-24-14-18(11-13-23(24)31-4)27-26-20(15-28(2,3)16-22(26)30)25-19-9-7-6-8-17(19)10-12-21(25)29-27/h6-14,27,29H,5,15-16H2,1-4H3. The van der Waals surface area contributed by atoms with Crippen molar-refractivity contribution in [3.05, 3.63) is 71.3 Å². The van der Waals surface area contributed by atoms with Crippen LogP contribution < -0.4 is 14.8 Å². The summed E-state index contributed by atoms with van der Waals surface area (Å²) >= 11 is 0. The third-order valence-corrected chi connectivity index (χ3v) is 6.56. The maximum Gasteiger partial charge on any atom is 0.162 e. The summed E-state index contributed by atoms with van der Waals surface area (Å²) in [5, 5.41) is 6.08. The monoisotopic (exact) mass is 427 g/mol. The minimum atomic E-state index is -0.215. The molecule has 0 bridgehead atoms. The van der Waals surface area contributed by atoms with E-state index in [0.29, 0.717) is 24.5 Å². The van der Waals surface area contributed by atoms with Crippen LogP contribution in [0.1, 0.15) is 50.8 Å². The van der Waals surface area contributed by atoms with Crippen LogP contribution in [0.25, 0.3) is 16.3 Å². The second-order valence-corrected chi connectivity index (χ2v) is 9.46. The Labute approximate surface area is 189 Å². The van der Waals surface area contributed by atoms with E-state index in [9.17, 15) is 4.79 Å². The van der Waals surface area contributed by atoms with Crippen molar-refractivity contribution in [2.75, 3.05) is 19.0 Å². The maximum atomic E-state index is 13.6. The molecule has 2 aliphatic rings. The minimum absolute atomic E-state index is 0.0671. The summed E-state index contributed by atoms with van der Waals surface area (Å²) in [4.78, 5) is 13.6. The van der Waals surface area contributed by atoms with Crippen molar-refractivity contribution in [2.24, 2.45) is 5.41 Å². The number of carbonyl (C=O) groups is 1. The van der Waals surface area contributed by atoms with Gasteiger partial charge in [0.1, 0.15) is 0 Å². The number of allylic oxidation sites excluding steroid dienone is 1. The first-order chi connectivity index (χ1) is 15.4. The molecule has 1 atom stereocenters. The van der Waals surface area contributed by atoms with Gasteiger partial charge in [-0.25, -0.2) is 0 Å². The first kappa shape index (κ1) is 20.6. The molecular weight excluding hydrogens is 398 g/mol. The Morgan fingerprint density at radius 3 is 2.62 bits per heavy atom. The van der Waals surface area contributed by atoms with Gasteiger partial charge >= 0.3 is 0 Å². The van der Waals surface area contributed by atoms with E-state index in [0.717, 1.165) is 23.2 Å². The zero-order valence-electron chi connectivity index (χ0n) is 19.1. The molecule has 32 heavy (non-hydrogen) atoms. The number of fused-ring (bicyclic) bond motifs is 4. The van der Waals surface area contributed by atoms with Gasteiger partial charge in [0.05, 0.1) is 19.8 Å². The third kappa shape index (κ3) is 3.35. The summed E-state index contributed by atoms with van der Waals surface area (Å²) in [6.45, 7) is 6.89. The minimum Gasteiger partial charge on any atom is -0.493 e. The predicted molar refractivity (Wildman–Crippen MR) is 129 cm³/mol. The molecule has 0 fully saturated rings. The van der Waals surface area contributed by atoms with Crippen LogP contribution in [-0.2, 0) is 4.79 Å². The Morgan fingerprint density at radius 1 is 1.03 bits per heavy atom. The lowest BCUT2D eigenvalue weighted by Crippen LogP contribution is -2.33. The molecule has 1 unspecified atom stereocenters. The quantitative estimate of drug-likeness (QED) is 0.512. The number of nitrogens with one attached hydrogen (secondary N) is 1. The Kier molecular flexibility index (Phi) is 4.96. The maximum absolute atomic E-state index is 13.6. The van der Waals surface area contributed by atoms with Gasteiger partial charge in [-0.05, 0) is 58.9 Å². The van der Waals surface area contributed by atoms with Gasteiger partial charge in [0.25, 0.3) is 0 Å². The third-order valence-electron chi connectivity index (χ3n) is 6.56. The summed E-state index contributed by atoms with van der Waals surface area (Å²) in [6.07, 6.45) is 1.43. The second-order valence-electron chi connectivity index (χ2n) is 9.46. The first-order valence-corrected chi connectivity index (χ1v) is 11.3. The summed E-state index contributed by atoms with van der Waals surface area (Å²) < 4.78 is 11.3. The molecule has 4 nitrogen and oxygen atoms in total. The van der Waals surface area contributed by atoms with Crippen molar-refractivity contribution in [2.45, 2.75) is 39.7 Å². The Balaban J connectivity index is 1.74. The van der Waals surface area contributed by atoms with Crippen LogP contribution in [-0.4, -0.2) is 19.5 Å². The van der Waals surface area contributed by atoms with Crippen molar-refractivity contribution in [3.8, 4) is 11.5 Å². The van der Waals surface area contributed by atoms with Crippen LogP contribution in [0.3, 0.4) is 0 Å². The average molecular weight is 428 g/mol. The largest absolute Gasteiger partial charge is 0.493 e. The van der Waals surface area contributed by atoms with E-state index >= 15 is 0 Å². The fraction of sp³-hybridized carbons (Fsp3) is 0.321. The van der Waals surface area contributed by atoms with Gasteiger partial charge in [-0.1, -0.05) is 50.2 Å². The van der Waals surface area contributed by atoms with E-state index in [2.05, 4.69) is 55.6 Å². The van der Waals surface area contributed by atoms with Crippen molar-refractivity contribution in [1.29, 1.82) is 0 Å². The highest BCUT2D eigenvalue weighted by Gasteiger charge is 2.41. The summed E-state index contributed by atoms with van der Waals surface area (Å²) in [5.41, 5.74) is 5.26. The molecule has 0 saturated carbocycles. The number of Topliss-reactive ketones (excluding diaryl/α,β-unsaturated/α-hetero) is 1. The molecule has 5 rings (SSSR count).